The quantitative estimate of drug-likeness (QED) is 0.631. The van der Waals surface area contributed by atoms with Crippen molar-refractivity contribution in [2.75, 3.05) is 7.05 Å². The minimum Gasteiger partial charge on any atom is -0.389 e. The molecule has 1 aromatic heterocycles. The first-order chi connectivity index (χ1) is 8.13. The van der Waals surface area contributed by atoms with E-state index in [0.717, 1.165) is 19.3 Å². The lowest BCUT2D eigenvalue weighted by Crippen LogP contribution is -2.48. The third-order valence-electron chi connectivity index (χ3n) is 3.40. The number of aromatic nitrogens is 2. The Hall–Kier alpha value is -1.40. The van der Waals surface area contributed by atoms with Crippen LogP contribution in [0.25, 0.3) is 0 Å². The third kappa shape index (κ3) is 2.32. The minimum atomic E-state index is -0.614. The molecule has 2 rings (SSSR count). The summed E-state index contributed by atoms with van der Waals surface area (Å²) >= 11 is 0. The van der Waals surface area contributed by atoms with Gasteiger partial charge in [0.15, 0.2) is 0 Å². The Morgan fingerprint density at radius 1 is 1.47 bits per heavy atom. The first-order valence-corrected chi connectivity index (χ1v) is 5.80. The molecule has 0 bridgehead atoms. The van der Waals surface area contributed by atoms with Crippen molar-refractivity contribution < 1.29 is 5.11 Å². The van der Waals surface area contributed by atoms with Gasteiger partial charge in [-0.2, -0.15) is 0 Å². The summed E-state index contributed by atoms with van der Waals surface area (Å²) in [6.07, 6.45) is 3.42. The number of nitrogens with one attached hydrogen (secondary N) is 2. The van der Waals surface area contributed by atoms with Gasteiger partial charge in [-0.25, -0.2) is 4.79 Å². The molecule has 1 aromatic rings. The largest absolute Gasteiger partial charge is 0.389 e. The Morgan fingerprint density at radius 3 is 2.88 bits per heavy atom. The molecule has 1 fully saturated rings. The Balaban J connectivity index is 2.32. The SMILES string of the molecule is CN[C@H]1CCC[C@H](n2ccc(=O)[nH]c2=O)[C@H]1O. The van der Waals surface area contributed by atoms with E-state index in [1.165, 1.54) is 16.8 Å². The van der Waals surface area contributed by atoms with Gasteiger partial charge in [0.2, 0.25) is 0 Å². The van der Waals surface area contributed by atoms with Crippen molar-refractivity contribution in [3.63, 3.8) is 0 Å². The molecular formula is C11H17N3O3. The van der Waals surface area contributed by atoms with Crippen molar-refractivity contribution >= 4 is 0 Å². The molecule has 1 saturated carbocycles. The molecular weight excluding hydrogens is 222 g/mol. The van der Waals surface area contributed by atoms with Crippen molar-refractivity contribution in [3.05, 3.63) is 33.1 Å². The average Bonchev–Trinajstić information content (AvgIpc) is 2.30. The zero-order chi connectivity index (χ0) is 12.4. The first kappa shape index (κ1) is 12.1. The molecule has 6 nitrogen and oxygen atoms in total. The summed E-state index contributed by atoms with van der Waals surface area (Å²) in [5, 5.41) is 13.2. The van der Waals surface area contributed by atoms with E-state index in [1.807, 2.05) is 0 Å². The number of nitrogens with zero attached hydrogens (tertiary/aromatic N) is 1. The highest BCUT2D eigenvalue weighted by Crippen LogP contribution is 2.27. The van der Waals surface area contributed by atoms with E-state index in [2.05, 4.69) is 10.3 Å². The lowest BCUT2D eigenvalue weighted by Gasteiger charge is -2.35. The average molecular weight is 239 g/mol. The van der Waals surface area contributed by atoms with Crippen molar-refractivity contribution in [3.8, 4) is 0 Å². The van der Waals surface area contributed by atoms with Crippen molar-refractivity contribution in [1.82, 2.24) is 14.9 Å². The number of likely N-dealkylation sites (N-methyl/N-ethyl adjacent to an activating group) is 1. The molecule has 6 heteroatoms. The van der Waals surface area contributed by atoms with Gasteiger partial charge in [0.1, 0.15) is 0 Å². The van der Waals surface area contributed by atoms with Crippen LogP contribution in [-0.4, -0.2) is 33.9 Å². The van der Waals surface area contributed by atoms with E-state index in [-0.39, 0.29) is 12.1 Å². The number of H-pyrrole nitrogens is 1. The standard InChI is InChI=1S/C11H17N3O3/c1-12-7-3-2-4-8(10(7)16)14-6-5-9(15)13-11(14)17/h5-8,10,12,16H,2-4H2,1H3,(H,13,15,17)/t7-,8-,10-/m0/s1. The van der Waals surface area contributed by atoms with Crippen molar-refractivity contribution in [2.24, 2.45) is 0 Å². The summed E-state index contributed by atoms with van der Waals surface area (Å²) in [6, 6.07) is 1.02. The maximum Gasteiger partial charge on any atom is 0.328 e. The predicted molar refractivity (Wildman–Crippen MR) is 63.1 cm³/mol. The number of rotatable bonds is 2. The van der Waals surface area contributed by atoms with Gasteiger partial charge >= 0.3 is 5.69 Å². The Kier molecular flexibility index (Phi) is 3.44. The monoisotopic (exact) mass is 239 g/mol. The molecule has 0 unspecified atom stereocenters. The van der Waals surface area contributed by atoms with E-state index in [0.29, 0.717) is 0 Å². The molecule has 1 aliphatic rings. The normalized spacial score (nSPS) is 29.2. The van der Waals surface area contributed by atoms with Gasteiger partial charge in [-0.1, -0.05) is 0 Å². The molecule has 0 spiro atoms. The number of hydrogen-bond acceptors (Lipinski definition) is 4. The highest BCUT2D eigenvalue weighted by molar-refractivity contribution is 4.93. The zero-order valence-electron chi connectivity index (χ0n) is 9.72. The molecule has 1 aliphatic carbocycles. The van der Waals surface area contributed by atoms with Gasteiger partial charge in [-0.15, -0.1) is 0 Å². The summed E-state index contributed by atoms with van der Waals surface area (Å²) in [5.41, 5.74) is -0.875. The summed E-state index contributed by atoms with van der Waals surface area (Å²) in [5.74, 6) is 0. The molecule has 94 valence electrons. The fraction of sp³-hybridized carbons (Fsp3) is 0.636. The van der Waals surface area contributed by atoms with Gasteiger partial charge in [0, 0.05) is 18.3 Å². The maximum atomic E-state index is 11.7. The topological polar surface area (TPSA) is 87.1 Å². The smallest absolute Gasteiger partial charge is 0.328 e. The van der Waals surface area contributed by atoms with Crippen LogP contribution in [0.15, 0.2) is 21.9 Å². The summed E-state index contributed by atoms with van der Waals surface area (Å²) in [4.78, 5) is 24.8. The lowest BCUT2D eigenvalue weighted by molar-refractivity contribution is 0.0438. The van der Waals surface area contributed by atoms with Crippen LogP contribution in [0, 0.1) is 0 Å². The first-order valence-electron chi connectivity index (χ1n) is 5.80. The van der Waals surface area contributed by atoms with E-state index >= 15 is 0 Å². The third-order valence-corrected chi connectivity index (χ3v) is 3.40. The van der Waals surface area contributed by atoms with Crippen molar-refractivity contribution in [2.45, 2.75) is 37.5 Å². The van der Waals surface area contributed by atoms with Crippen LogP contribution in [0.1, 0.15) is 25.3 Å². The lowest BCUT2D eigenvalue weighted by atomic mass is 9.88. The van der Waals surface area contributed by atoms with Gasteiger partial charge in [0.25, 0.3) is 5.56 Å². The van der Waals surface area contributed by atoms with E-state index < -0.39 is 17.4 Å². The highest BCUT2D eigenvalue weighted by Gasteiger charge is 2.32. The van der Waals surface area contributed by atoms with Crippen LogP contribution < -0.4 is 16.6 Å². The predicted octanol–water partition coefficient (Wildman–Crippen LogP) is -0.789. The highest BCUT2D eigenvalue weighted by atomic mass is 16.3. The van der Waals surface area contributed by atoms with Crippen molar-refractivity contribution in [1.29, 1.82) is 0 Å². The molecule has 17 heavy (non-hydrogen) atoms. The minimum absolute atomic E-state index is 0.00687. The maximum absolute atomic E-state index is 11.7. The second-order valence-corrected chi connectivity index (χ2v) is 4.40. The zero-order valence-corrected chi connectivity index (χ0v) is 9.72. The fourth-order valence-corrected chi connectivity index (χ4v) is 2.46. The van der Waals surface area contributed by atoms with Crippen LogP contribution in [0.3, 0.4) is 0 Å². The van der Waals surface area contributed by atoms with E-state index in [9.17, 15) is 14.7 Å². The fourth-order valence-electron chi connectivity index (χ4n) is 2.46. The van der Waals surface area contributed by atoms with Gasteiger partial charge in [0.05, 0.1) is 12.1 Å². The molecule has 0 aromatic carbocycles. The summed E-state index contributed by atoms with van der Waals surface area (Å²) in [7, 11) is 1.80. The molecule has 0 amide bonds. The van der Waals surface area contributed by atoms with Crippen LogP contribution in [0.4, 0.5) is 0 Å². The Bertz CT molecular complexity index is 493. The number of aliphatic hydroxyl groups excluding tert-OH is 1. The molecule has 1 heterocycles. The molecule has 0 radical (unpaired) electrons. The molecule has 3 atom stereocenters. The van der Waals surface area contributed by atoms with Crippen LogP contribution >= 0.6 is 0 Å². The molecule has 0 saturated heterocycles. The Labute approximate surface area is 98.3 Å². The summed E-state index contributed by atoms with van der Waals surface area (Å²) < 4.78 is 1.41. The second kappa shape index (κ2) is 4.85. The van der Waals surface area contributed by atoms with Gasteiger partial charge in [-0.3, -0.25) is 14.3 Å². The van der Waals surface area contributed by atoms with Crippen LogP contribution in [0.2, 0.25) is 0 Å². The van der Waals surface area contributed by atoms with E-state index in [4.69, 9.17) is 0 Å². The Morgan fingerprint density at radius 2 is 2.24 bits per heavy atom. The van der Waals surface area contributed by atoms with Crippen LogP contribution in [0.5, 0.6) is 0 Å². The van der Waals surface area contributed by atoms with Gasteiger partial charge < -0.3 is 10.4 Å². The van der Waals surface area contributed by atoms with Crippen LogP contribution in [-0.2, 0) is 0 Å². The number of aromatic amines is 1. The summed E-state index contributed by atoms with van der Waals surface area (Å²) in [6.45, 7) is 0. The number of aliphatic hydroxyl groups is 1. The second-order valence-electron chi connectivity index (χ2n) is 4.40. The molecule has 0 aliphatic heterocycles. The number of hydrogen-bond donors (Lipinski definition) is 3. The van der Waals surface area contributed by atoms with Gasteiger partial charge in [-0.05, 0) is 26.3 Å². The molecule has 3 N–H and O–H groups in total. The van der Waals surface area contributed by atoms with E-state index in [1.54, 1.807) is 7.05 Å².